The Labute approximate surface area is 120 Å². The standard InChI is InChI=1S/C14H21NO4S/c16-10-12-3-1-4-13(9-12)11-20(17,18)15-7-6-14-5-2-8-19-14/h1,3-4,9,14-16H,2,5-8,10-11H2. The van der Waals surface area contributed by atoms with Gasteiger partial charge in [-0.25, -0.2) is 13.1 Å². The Morgan fingerprint density at radius 1 is 1.35 bits per heavy atom. The third kappa shape index (κ3) is 4.86. The van der Waals surface area contributed by atoms with Gasteiger partial charge in [-0.05, 0) is 30.4 Å². The highest BCUT2D eigenvalue weighted by atomic mass is 32.2. The Hall–Kier alpha value is -0.950. The van der Waals surface area contributed by atoms with E-state index >= 15 is 0 Å². The van der Waals surface area contributed by atoms with Crippen molar-refractivity contribution >= 4 is 10.0 Å². The van der Waals surface area contributed by atoms with Crippen molar-refractivity contribution in [3.8, 4) is 0 Å². The van der Waals surface area contributed by atoms with Gasteiger partial charge in [0.2, 0.25) is 10.0 Å². The lowest BCUT2D eigenvalue weighted by atomic mass is 10.1. The summed E-state index contributed by atoms with van der Waals surface area (Å²) >= 11 is 0. The van der Waals surface area contributed by atoms with E-state index in [4.69, 9.17) is 9.84 Å². The third-order valence-electron chi connectivity index (χ3n) is 3.34. The maximum atomic E-state index is 12.0. The zero-order valence-electron chi connectivity index (χ0n) is 11.4. The molecule has 6 heteroatoms. The molecule has 1 aliphatic heterocycles. The van der Waals surface area contributed by atoms with Gasteiger partial charge in [-0.15, -0.1) is 0 Å². The molecule has 2 rings (SSSR count). The van der Waals surface area contributed by atoms with Crippen LogP contribution >= 0.6 is 0 Å². The van der Waals surface area contributed by atoms with Crippen molar-refractivity contribution in [2.45, 2.75) is 37.7 Å². The number of hydrogen-bond donors (Lipinski definition) is 2. The van der Waals surface area contributed by atoms with Gasteiger partial charge >= 0.3 is 0 Å². The molecule has 1 aromatic rings. The molecule has 1 aliphatic rings. The van der Waals surface area contributed by atoms with Crippen LogP contribution in [0.15, 0.2) is 24.3 Å². The largest absolute Gasteiger partial charge is 0.392 e. The monoisotopic (exact) mass is 299 g/mol. The van der Waals surface area contributed by atoms with Gasteiger partial charge in [-0.2, -0.15) is 0 Å². The highest BCUT2D eigenvalue weighted by molar-refractivity contribution is 7.88. The van der Waals surface area contributed by atoms with Crippen LogP contribution in [-0.2, 0) is 27.1 Å². The summed E-state index contributed by atoms with van der Waals surface area (Å²) in [5, 5.41) is 9.04. The highest BCUT2D eigenvalue weighted by Crippen LogP contribution is 2.15. The SMILES string of the molecule is O=S(=O)(Cc1cccc(CO)c1)NCCC1CCCO1. The molecule has 0 spiro atoms. The first-order chi connectivity index (χ1) is 9.59. The van der Waals surface area contributed by atoms with Crippen molar-refractivity contribution in [1.82, 2.24) is 4.72 Å². The predicted octanol–water partition coefficient (Wildman–Crippen LogP) is 1.17. The minimum absolute atomic E-state index is 0.0631. The van der Waals surface area contributed by atoms with E-state index in [9.17, 15) is 8.42 Å². The molecule has 1 saturated heterocycles. The number of aliphatic hydroxyl groups is 1. The second-order valence-electron chi connectivity index (χ2n) is 5.06. The molecule has 1 heterocycles. The molecule has 0 saturated carbocycles. The Kier molecular flexibility index (Phi) is 5.54. The van der Waals surface area contributed by atoms with E-state index in [0.29, 0.717) is 12.1 Å². The molecule has 0 amide bonds. The van der Waals surface area contributed by atoms with E-state index in [2.05, 4.69) is 4.72 Å². The number of nitrogens with one attached hydrogen (secondary N) is 1. The molecule has 1 aromatic carbocycles. The van der Waals surface area contributed by atoms with Crippen LogP contribution in [0.5, 0.6) is 0 Å². The lowest BCUT2D eigenvalue weighted by Crippen LogP contribution is -2.28. The molecule has 0 bridgehead atoms. The molecule has 1 atom stereocenters. The van der Waals surface area contributed by atoms with E-state index in [1.807, 2.05) is 0 Å². The summed E-state index contributed by atoms with van der Waals surface area (Å²) in [5.74, 6) is -0.0631. The quantitative estimate of drug-likeness (QED) is 0.792. The topological polar surface area (TPSA) is 75.6 Å². The van der Waals surface area contributed by atoms with Crippen LogP contribution < -0.4 is 4.72 Å². The number of hydrogen-bond acceptors (Lipinski definition) is 4. The van der Waals surface area contributed by atoms with E-state index in [-0.39, 0.29) is 18.5 Å². The van der Waals surface area contributed by atoms with Crippen LogP contribution in [0.4, 0.5) is 0 Å². The van der Waals surface area contributed by atoms with Crippen LogP contribution in [0.1, 0.15) is 30.4 Å². The van der Waals surface area contributed by atoms with Crippen molar-refractivity contribution < 1.29 is 18.3 Å². The molecular formula is C14H21NO4S. The molecule has 0 radical (unpaired) electrons. The fourth-order valence-corrected chi connectivity index (χ4v) is 3.48. The van der Waals surface area contributed by atoms with E-state index in [1.54, 1.807) is 24.3 Å². The number of ether oxygens (including phenoxy) is 1. The second kappa shape index (κ2) is 7.17. The summed E-state index contributed by atoms with van der Waals surface area (Å²) in [6.07, 6.45) is 2.98. The van der Waals surface area contributed by atoms with Crippen LogP contribution in [0.3, 0.4) is 0 Å². The molecule has 112 valence electrons. The van der Waals surface area contributed by atoms with Crippen LogP contribution in [0, 0.1) is 0 Å². The first-order valence-electron chi connectivity index (χ1n) is 6.87. The molecule has 20 heavy (non-hydrogen) atoms. The van der Waals surface area contributed by atoms with Crippen molar-refractivity contribution in [3.05, 3.63) is 35.4 Å². The number of aliphatic hydroxyl groups excluding tert-OH is 1. The maximum absolute atomic E-state index is 12.0. The van der Waals surface area contributed by atoms with Gasteiger partial charge < -0.3 is 9.84 Å². The second-order valence-corrected chi connectivity index (χ2v) is 6.86. The van der Waals surface area contributed by atoms with Crippen molar-refractivity contribution in [2.75, 3.05) is 13.2 Å². The fourth-order valence-electron chi connectivity index (χ4n) is 2.34. The minimum Gasteiger partial charge on any atom is -0.392 e. The predicted molar refractivity (Wildman–Crippen MR) is 76.6 cm³/mol. The molecule has 5 nitrogen and oxygen atoms in total. The van der Waals surface area contributed by atoms with Crippen LogP contribution in [0.25, 0.3) is 0 Å². The van der Waals surface area contributed by atoms with Crippen LogP contribution in [-0.4, -0.2) is 32.8 Å². The molecule has 1 fully saturated rings. The Morgan fingerprint density at radius 3 is 2.85 bits per heavy atom. The molecule has 1 unspecified atom stereocenters. The van der Waals surface area contributed by atoms with E-state index in [0.717, 1.165) is 31.4 Å². The Balaban J connectivity index is 1.83. The molecule has 0 aromatic heterocycles. The van der Waals surface area contributed by atoms with Crippen molar-refractivity contribution in [3.63, 3.8) is 0 Å². The zero-order chi connectivity index (χ0) is 14.4. The normalized spacial score (nSPS) is 19.4. The zero-order valence-corrected chi connectivity index (χ0v) is 12.2. The van der Waals surface area contributed by atoms with Gasteiger partial charge in [0.25, 0.3) is 0 Å². The minimum atomic E-state index is -3.34. The summed E-state index contributed by atoms with van der Waals surface area (Å²) in [7, 11) is -3.34. The Bertz CT molecular complexity index is 524. The van der Waals surface area contributed by atoms with Crippen molar-refractivity contribution in [1.29, 1.82) is 0 Å². The average molecular weight is 299 g/mol. The fraction of sp³-hybridized carbons (Fsp3) is 0.571. The van der Waals surface area contributed by atoms with Gasteiger partial charge in [0.15, 0.2) is 0 Å². The molecule has 0 aliphatic carbocycles. The summed E-state index contributed by atoms with van der Waals surface area (Å²) < 4.78 is 32.0. The highest BCUT2D eigenvalue weighted by Gasteiger charge is 2.17. The van der Waals surface area contributed by atoms with Gasteiger partial charge in [-0.3, -0.25) is 0 Å². The lowest BCUT2D eigenvalue weighted by molar-refractivity contribution is 0.105. The summed E-state index contributed by atoms with van der Waals surface area (Å²) in [5.41, 5.74) is 1.40. The van der Waals surface area contributed by atoms with Gasteiger partial charge in [0.05, 0.1) is 18.5 Å². The Morgan fingerprint density at radius 2 is 2.15 bits per heavy atom. The summed E-state index contributed by atoms with van der Waals surface area (Å²) in [6, 6.07) is 6.97. The van der Waals surface area contributed by atoms with Crippen LogP contribution in [0.2, 0.25) is 0 Å². The molecule has 2 N–H and O–H groups in total. The van der Waals surface area contributed by atoms with Crippen molar-refractivity contribution in [2.24, 2.45) is 0 Å². The third-order valence-corrected chi connectivity index (χ3v) is 4.70. The smallest absolute Gasteiger partial charge is 0.215 e. The van der Waals surface area contributed by atoms with E-state index < -0.39 is 10.0 Å². The van der Waals surface area contributed by atoms with Gasteiger partial charge in [0, 0.05) is 13.2 Å². The van der Waals surface area contributed by atoms with E-state index in [1.165, 1.54) is 0 Å². The average Bonchev–Trinajstić information content (AvgIpc) is 2.91. The lowest BCUT2D eigenvalue weighted by Gasteiger charge is -2.11. The van der Waals surface area contributed by atoms with Gasteiger partial charge in [0.1, 0.15) is 0 Å². The summed E-state index contributed by atoms with van der Waals surface area (Å²) in [6.45, 7) is 1.11. The molecular weight excluding hydrogens is 278 g/mol. The number of benzene rings is 1. The van der Waals surface area contributed by atoms with Gasteiger partial charge in [-0.1, -0.05) is 24.3 Å². The number of rotatable bonds is 7. The first kappa shape index (κ1) is 15.4. The maximum Gasteiger partial charge on any atom is 0.215 e. The first-order valence-corrected chi connectivity index (χ1v) is 8.52. The summed E-state index contributed by atoms with van der Waals surface area (Å²) in [4.78, 5) is 0. The number of sulfonamides is 1.